The molecule has 0 radical (unpaired) electrons. The normalized spacial score (nSPS) is 21.6. The number of piperidine rings is 1. The number of carbonyl (C=O) groups excluding carboxylic acids is 1. The van der Waals surface area contributed by atoms with Gasteiger partial charge >= 0.3 is 0 Å². The molecule has 0 spiro atoms. The summed E-state index contributed by atoms with van der Waals surface area (Å²) < 4.78 is 5.70. The van der Waals surface area contributed by atoms with Crippen LogP contribution in [0.25, 0.3) is 0 Å². The Bertz CT molecular complexity index is 569. The summed E-state index contributed by atoms with van der Waals surface area (Å²) in [4.78, 5) is 16.3. The summed E-state index contributed by atoms with van der Waals surface area (Å²) in [5, 5.41) is 0. The Kier molecular flexibility index (Phi) is 7.00. The Morgan fingerprint density at radius 3 is 2.88 bits per heavy atom. The molecule has 24 heavy (non-hydrogen) atoms. The summed E-state index contributed by atoms with van der Waals surface area (Å²) in [5.74, 6) is 0.555. The summed E-state index contributed by atoms with van der Waals surface area (Å²) in [6.45, 7) is 4.39. The molecule has 2 rings (SSSR count). The lowest BCUT2D eigenvalue weighted by Gasteiger charge is -2.37. The second-order valence-corrected chi connectivity index (χ2v) is 6.96. The van der Waals surface area contributed by atoms with Gasteiger partial charge in [-0.1, -0.05) is 35.9 Å². The lowest BCUT2D eigenvalue weighted by atomic mass is 9.87. The second kappa shape index (κ2) is 9.00. The van der Waals surface area contributed by atoms with Gasteiger partial charge in [-0.05, 0) is 45.3 Å². The van der Waals surface area contributed by atoms with Crippen LogP contribution in [0.5, 0.6) is 0 Å². The van der Waals surface area contributed by atoms with E-state index in [0.29, 0.717) is 12.5 Å². The molecule has 0 N–H and O–H groups in total. The van der Waals surface area contributed by atoms with Gasteiger partial charge in [-0.2, -0.15) is 0 Å². The van der Waals surface area contributed by atoms with Crippen molar-refractivity contribution in [2.45, 2.75) is 25.9 Å². The van der Waals surface area contributed by atoms with Gasteiger partial charge in [-0.25, -0.2) is 0 Å². The first-order valence-corrected chi connectivity index (χ1v) is 8.68. The first kappa shape index (κ1) is 18.7. The zero-order valence-electron chi connectivity index (χ0n) is 15.4. The summed E-state index contributed by atoms with van der Waals surface area (Å²) in [6, 6.07) is 8.66. The van der Waals surface area contributed by atoms with Crippen LogP contribution in [0.3, 0.4) is 0 Å². The fraction of sp³-hybridized carbons (Fsp3) is 0.550. The Balaban J connectivity index is 1.93. The predicted molar refractivity (Wildman–Crippen MR) is 98.1 cm³/mol. The molecule has 0 aromatic heterocycles. The zero-order chi connectivity index (χ0) is 17.5. The average Bonchev–Trinajstić information content (AvgIpc) is 2.54. The van der Waals surface area contributed by atoms with E-state index in [4.69, 9.17) is 4.74 Å². The number of ether oxygens (including phenoxy) is 1. The molecule has 4 heteroatoms. The molecule has 1 heterocycles. The van der Waals surface area contributed by atoms with Gasteiger partial charge < -0.3 is 14.5 Å². The molecule has 0 aliphatic carbocycles. The van der Waals surface area contributed by atoms with Crippen LogP contribution in [-0.4, -0.2) is 62.7 Å². The molecule has 0 unspecified atom stereocenters. The number of hydrogen-bond donors (Lipinski definition) is 0. The summed E-state index contributed by atoms with van der Waals surface area (Å²) in [5.41, 5.74) is 2.65. The fourth-order valence-electron chi connectivity index (χ4n) is 3.28. The van der Waals surface area contributed by atoms with Crippen LogP contribution in [0, 0.1) is 12.8 Å². The van der Waals surface area contributed by atoms with Crippen LogP contribution in [0.15, 0.2) is 36.4 Å². The average molecular weight is 330 g/mol. The quantitative estimate of drug-likeness (QED) is 0.752. The molecule has 1 amide bonds. The van der Waals surface area contributed by atoms with Gasteiger partial charge in [0.1, 0.15) is 0 Å². The number of likely N-dealkylation sites (N-methyl/N-ethyl adjacent to an activating group) is 1. The summed E-state index contributed by atoms with van der Waals surface area (Å²) in [7, 11) is 5.74. The van der Waals surface area contributed by atoms with Crippen molar-refractivity contribution in [2.75, 3.05) is 40.8 Å². The first-order chi connectivity index (χ1) is 11.5. The fourth-order valence-corrected chi connectivity index (χ4v) is 3.28. The molecule has 1 saturated heterocycles. The van der Waals surface area contributed by atoms with Gasteiger partial charge in [0.15, 0.2) is 0 Å². The number of hydrogen-bond acceptors (Lipinski definition) is 3. The van der Waals surface area contributed by atoms with E-state index in [-0.39, 0.29) is 12.0 Å². The monoisotopic (exact) mass is 330 g/mol. The van der Waals surface area contributed by atoms with Crippen molar-refractivity contribution in [1.29, 1.82) is 0 Å². The van der Waals surface area contributed by atoms with E-state index in [1.165, 1.54) is 11.1 Å². The van der Waals surface area contributed by atoms with E-state index in [0.717, 1.165) is 25.9 Å². The number of aryl methyl sites for hydroxylation is 1. The highest BCUT2D eigenvalue weighted by molar-refractivity contribution is 5.87. The SMILES string of the molecule is CO[C@H]1CN(C(=O)/C=C/CN(C)C)CC[C@@H]1Cc1cccc(C)c1. The Morgan fingerprint density at radius 1 is 1.42 bits per heavy atom. The summed E-state index contributed by atoms with van der Waals surface area (Å²) >= 11 is 0. The Morgan fingerprint density at radius 2 is 2.21 bits per heavy atom. The van der Waals surface area contributed by atoms with Crippen LogP contribution < -0.4 is 0 Å². The second-order valence-electron chi connectivity index (χ2n) is 6.96. The molecule has 1 aromatic rings. The zero-order valence-corrected chi connectivity index (χ0v) is 15.4. The molecule has 1 aromatic carbocycles. The molecule has 1 fully saturated rings. The topological polar surface area (TPSA) is 32.8 Å². The third-order valence-electron chi connectivity index (χ3n) is 4.62. The Hall–Kier alpha value is -1.65. The largest absolute Gasteiger partial charge is 0.379 e. The molecule has 1 aliphatic rings. The smallest absolute Gasteiger partial charge is 0.246 e. The number of nitrogens with zero attached hydrogens (tertiary/aromatic N) is 2. The van der Waals surface area contributed by atoms with Crippen molar-refractivity contribution in [3.8, 4) is 0 Å². The molecule has 1 aliphatic heterocycles. The molecular weight excluding hydrogens is 300 g/mol. The standard InChI is InChI=1S/C20H30N2O2/c1-16-7-5-8-17(13-16)14-18-10-12-22(15-19(18)24-4)20(23)9-6-11-21(2)3/h5-9,13,18-19H,10-12,14-15H2,1-4H3/b9-6+/t18-,19+/m1/s1. The van der Waals surface area contributed by atoms with Gasteiger partial charge in [-0.3, -0.25) is 4.79 Å². The van der Waals surface area contributed by atoms with Crippen LogP contribution in [0.1, 0.15) is 17.5 Å². The Labute approximate surface area is 146 Å². The van der Waals surface area contributed by atoms with E-state index < -0.39 is 0 Å². The highest BCUT2D eigenvalue weighted by Crippen LogP contribution is 2.24. The van der Waals surface area contributed by atoms with Gasteiger partial charge in [0, 0.05) is 32.8 Å². The van der Waals surface area contributed by atoms with Crippen LogP contribution in [0.4, 0.5) is 0 Å². The minimum Gasteiger partial charge on any atom is -0.379 e. The number of rotatable bonds is 6. The van der Waals surface area contributed by atoms with E-state index in [1.807, 2.05) is 30.0 Å². The lowest BCUT2D eigenvalue weighted by molar-refractivity contribution is -0.131. The van der Waals surface area contributed by atoms with E-state index >= 15 is 0 Å². The molecular formula is C20H30N2O2. The van der Waals surface area contributed by atoms with Crippen LogP contribution in [0.2, 0.25) is 0 Å². The number of methoxy groups -OCH3 is 1. The van der Waals surface area contributed by atoms with Crippen molar-refractivity contribution >= 4 is 5.91 Å². The first-order valence-electron chi connectivity index (χ1n) is 8.68. The van der Waals surface area contributed by atoms with Crippen molar-refractivity contribution in [3.63, 3.8) is 0 Å². The molecule has 132 valence electrons. The van der Waals surface area contributed by atoms with E-state index in [2.05, 4.69) is 31.2 Å². The predicted octanol–water partition coefficient (Wildman–Crippen LogP) is 2.52. The molecule has 2 atom stereocenters. The van der Waals surface area contributed by atoms with Gasteiger partial charge in [-0.15, -0.1) is 0 Å². The van der Waals surface area contributed by atoms with Crippen LogP contribution in [-0.2, 0) is 16.0 Å². The van der Waals surface area contributed by atoms with Gasteiger partial charge in [0.05, 0.1) is 6.10 Å². The number of amides is 1. The highest BCUT2D eigenvalue weighted by atomic mass is 16.5. The molecule has 4 nitrogen and oxygen atoms in total. The van der Waals surface area contributed by atoms with Crippen molar-refractivity contribution in [1.82, 2.24) is 9.80 Å². The lowest BCUT2D eigenvalue weighted by Crippen LogP contribution is -2.47. The third-order valence-corrected chi connectivity index (χ3v) is 4.62. The van der Waals surface area contributed by atoms with Gasteiger partial charge in [0.25, 0.3) is 0 Å². The minimum atomic E-state index is 0.0907. The van der Waals surface area contributed by atoms with E-state index in [9.17, 15) is 4.79 Å². The number of carbonyl (C=O) groups is 1. The van der Waals surface area contributed by atoms with Crippen molar-refractivity contribution < 1.29 is 9.53 Å². The minimum absolute atomic E-state index is 0.0907. The summed E-state index contributed by atoms with van der Waals surface area (Å²) in [6.07, 6.45) is 5.71. The maximum absolute atomic E-state index is 12.3. The highest BCUT2D eigenvalue weighted by Gasteiger charge is 2.30. The van der Waals surface area contributed by atoms with Crippen molar-refractivity contribution in [3.05, 3.63) is 47.5 Å². The maximum atomic E-state index is 12.3. The van der Waals surface area contributed by atoms with Gasteiger partial charge in [0.2, 0.25) is 5.91 Å². The maximum Gasteiger partial charge on any atom is 0.246 e. The van der Waals surface area contributed by atoms with E-state index in [1.54, 1.807) is 13.2 Å². The number of benzene rings is 1. The van der Waals surface area contributed by atoms with Crippen molar-refractivity contribution in [2.24, 2.45) is 5.92 Å². The number of likely N-dealkylation sites (tertiary alicyclic amines) is 1. The molecule has 0 bridgehead atoms. The van der Waals surface area contributed by atoms with Crippen LogP contribution >= 0.6 is 0 Å². The third kappa shape index (κ3) is 5.46. The molecule has 0 saturated carbocycles.